The van der Waals surface area contributed by atoms with Gasteiger partial charge in [0.05, 0.1) is 10.4 Å². The predicted octanol–water partition coefficient (Wildman–Crippen LogP) is 1.64. The summed E-state index contributed by atoms with van der Waals surface area (Å²) in [6, 6.07) is 3.64. The van der Waals surface area contributed by atoms with Gasteiger partial charge in [0.25, 0.3) is 0 Å². The van der Waals surface area contributed by atoms with Crippen molar-refractivity contribution < 1.29 is 4.79 Å². The van der Waals surface area contributed by atoms with E-state index in [0.717, 1.165) is 5.56 Å². The third-order valence-corrected chi connectivity index (χ3v) is 2.85. The van der Waals surface area contributed by atoms with Crippen molar-refractivity contribution in [2.45, 2.75) is 20.8 Å². The van der Waals surface area contributed by atoms with Crippen molar-refractivity contribution in [3.63, 3.8) is 0 Å². The van der Waals surface area contributed by atoms with E-state index < -0.39 is 5.41 Å². The van der Waals surface area contributed by atoms with Gasteiger partial charge in [0.2, 0.25) is 5.91 Å². The molecule has 0 fully saturated rings. The Kier molecular flexibility index (Phi) is 3.59. The first-order chi connectivity index (χ1) is 7.34. The van der Waals surface area contributed by atoms with Gasteiger partial charge in [-0.1, -0.05) is 12.2 Å². The average Bonchev–Trinajstić information content (AvgIpc) is 2.17. The second kappa shape index (κ2) is 4.57. The number of nitrogens with one attached hydrogen (secondary N) is 1. The Labute approximate surface area is 100 Å². The fraction of sp³-hybridized carbons (Fsp3) is 0.364. The van der Waals surface area contributed by atoms with Crippen LogP contribution in [0, 0.1) is 12.3 Å². The van der Waals surface area contributed by atoms with Gasteiger partial charge in [-0.3, -0.25) is 4.79 Å². The van der Waals surface area contributed by atoms with Gasteiger partial charge < -0.3 is 11.1 Å². The molecule has 0 aliphatic rings. The van der Waals surface area contributed by atoms with Crippen LogP contribution in [-0.2, 0) is 4.79 Å². The summed E-state index contributed by atoms with van der Waals surface area (Å²) in [6.07, 6.45) is 1.64. The number of aromatic nitrogens is 1. The summed E-state index contributed by atoms with van der Waals surface area (Å²) in [5.74, 6) is 0.257. The SMILES string of the molecule is Cc1ccnc(NC(=O)C(C)(C)C(N)=S)c1. The van der Waals surface area contributed by atoms with E-state index in [1.165, 1.54) is 0 Å². The van der Waals surface area contributed by atoms with Crippen LogP contribution in [0.1, 0.15) is 19.4 Å². The second-order valence-electron chi connectivity index (χ2n) is 4.16. The van der Waals surface area contributed by atoms with Crippen molar-refractivity contribution in [2.75, 3.05) is 5.32 Å². The molecule has 86 valence electrons. The third-order valence-electron chi connectivity index (χ3n) is 2.34. The van der Waals surface area contributed by atoms with Gasteiger partial charge in [-0.2, -0.15) is 0 Å². The fourth-order valence-corrected chi connectivity index (χ4v) is 1.08. The molecule has 1 amide bonds. The standard InChI is InChI=1S/C11H15N3OS/c1-7-4-5-13-8(6-7)14-10(15)11(2,3)9(12)16/h4-6H,1-3H3,(H2,12,16)(H,13,14,15). The summed E-state index contributed by atoms with van der Waals surface area (Å²) in [5, 5.41) is 2.69. The zero-order valence-electron chi connectivity index (χ0n) is 9.57. The number of carbonyl (C=O) groups is 1. The molecule has 0 spiro atoms. The molecule has 3 N–H and O–H groups in total. The summed E-state index contributed by atoms with van der Waals surface area (Å²) in [4.78, 5) is 16.1. The van der Waals surface area contributed by atoms with Crippen LogP contribution in [0.5, 0.6) is 0 Å². The summed E-state index contributed by atoms with van der Waals surface area (Å²) in [5.41, 5.74) is 5.66. The minimum atomic E-state index is -0.874. The number of pyridine rings is 1. The lowest BCUT2D eigenvalue weighted by molar-refractivity contribution is -0.121. The highest BCUT2D eigenvalue weighted by atomic mass is 32.1. The van der Waals surface area contributed by atoms with Crippen LogP contribution < -0.4 is 11.1 Å². The molecule has 1 heterocycles. The Hall–Kier alpha value is -1.49. The van der Waals surface area contributed by atoms with E-state index in [1.54, 1.807) is 26.1 Å². The zero-order valence-corrected chi connectivity index (χ0v) is 10.4. The Morgan fingerprint density at radius 1 is 1.56 bits per heavy atom. The topological polar surface area (TPSA) is 68.0 Å². The number of anilines is 1. The van der Waals surface area contributed by atoms with Crippen LogP contribution in [0.25, 0.3) is 0 Å². The first-order valence-corrected chi connectivity index (χ1v) is 5.29. The van der Waals surface area contributed by atoms with Crippen LogP contribution in [0.2, 0.25) is 0 Å². The summed E-state index contributed by atoms with van der Waals surface area (Å²) < 4.78 is 0. The highest BCUT2D eigenvalue weighted by Gasteiger charge is 2.31. The van der Waals surface area contributed by atoms with E-state index in [4.69, 9.17) is 18.0 Å². The summed E-state index contributed by atoms with van der Waals surface area (Å²) in [7, 11) is 0. The molecule has 0 aliphatic carbocycles. The Morgan fingerprint density at radius 2 is 2.19 bits per heavy atom. The number of hydrogen-bond donors (Lipinski definition) is 2. The molecule has 0 saturated carbocycles. The monoisotopic (exact) mass is 237 g/mol. The second-order valence-corrected chi connectivity index (χ2v) is 4.60. The van der Waals surface area contributed by atoms with Gasteiger partial charge in [0.15, 0.2) is 0 Å². The van der Waals surface area contributed by atoms with Gasteiger partial charge in [0.1, 0.15) is 5.82 Å². The molecule has 0 radical (unpaired) electrons. The number of nitrogens with two attached hydrogens (primary N) is 1. The molecule has 1 aromatic heterocycles. The molecule has 4 nitrogen and oxygen atoms in total. The smallest absolute Gasteiger partial charge is 0.238 e. The highest BCUT2D eigenvalue weighted by molar-refractivity contribution is 7.80. The molecule has 0 saturated heterocycles. The number of hydrogen-bond acceptors (Lipinski definition) is 3. The van der Waals surface area contributed by atoms with E-state index in [2.05, 4.69) is 10.3 Å². The molecule has 0 bridgehead atoms. The lowest BCUT2D eigenvalue weighted by Gasteiger charge is -2.21. The number of amides is 1. The van der Waals surface area contributed by atoms with Crippen molar-refractivity contribution >= 4 is 28.9 Å². The fourth-order valence-electron chi connectivity index (χ4n) is 0.989. The number of carbonyl (C=O) groups excluding carboxylic acids is 1. The highest BCUT2D eigenvalue weighted by Crippen LogP contribution is 2.18. The van der Waals surface area contributed by atoms with Crippen molar-refractivity contribution in [3.8, 4) is 0 Å². The summed E-state index contributed by atoms with van der Waals surface area (Å²) in [6.45, 7) is 5.29. The maximum Gasteiger partial charge on any atom is 0.238 e. The number of thiocarbonyl (C=S) groups is 1. The quantitative estimate of drug-likeness (QED) is 0.784. The van der Waals surface area contributed by atoms with Crippen LogP contribution >= 0.6 is 12.2 Å². The average molecular weight is 237 g/mol. The predicted molar refractivity (Wildman–Crippen MR) is 68.2 cm³/mol. The largest absolute Gasteiger partial charge is 0.392 e. The van der Waals surface area contributed by atoms with Gasteiger partial charge >= 0.3 is 0 Å². The number of aryl methyl sites for hydroxylation is 1. The number of rotatable bonds is 3. The van der Waals surface area contributed by atoms with Gasteiger partial charge in [-0.05, 0) is 38.5 Å². The molecule has 0 atom stereocenters. The molecule has 0 aromatic carbocycles. The first kappa shape index (κ1) is 12.6. The molecule has 1 aromatic rings. The molecule has 0 aliphatic heterocycles. The molecular formula is C11H15N3OS. The third kappa shape index (κ3) is 2.76. The van der Waals surface area contributed by atoms with Crippen molar-refractivity contribution in [3.05, 3.63) is 23.9 Å². The minimum absolute atomic E-state index is 0.164. The Morgan fingerprint density at radius 3 is 2.69 bits per heavy atom. The van der Waals surface area contributed by atoms with Crippen molar-refractivity contribution in [2.24, 2.45) is 11.1 Å². The Balaban J connectivity index is 2.83. The van der Waals surface area contributed by atoms with Crippen LogP contribution in [-0.4, -0.2) is 15.9 Å². The van der Waals surface area contributed by atoms with Crippen LogP contribution in [0.4, 0.5) is 5.82 Å². The Bertz CT molecular complexity index is 429. The van der Waals surface area contributed by atoms with Crippen molar-refractivity contribution in [1.29, 1.82) is 0 Å². The van der Waals surface area contributed by atoms with Crippen LogP contribution in [0.3, 0.4) is 0 Å². The lowest BCUT2D eigenvalue weighted by atomic mass is 9.92. The van der Waals surface area contributed by atoms with E-state index in [-0.39, 0.29) is 10.9 Å². The lowest BCUT2D eigenvalue weighted by Crippen LogP contribution is -2.41. The van der Waals surface area contributed by atoms with Crippen molar-refractivity contribution in [1.82, 2.24) is 4.98 Å². The molecular weight excluding hydrogens is 222 g/mol. The number of nitrogens with zero attached hydrogens (tertiary/aromatic N) is 1. The molecule has 0 unspecified atom stereocenters. The molecule has 16 heavy (non-hydrogen) atoms. The van der Waals surface area contributed by atoms with E-state index in [1.807, 2.05) is 13.0 Å². The molecule has 5 heteroatoms. The first-order valence-electron chi connectivity index (χ1n) is 4.88. The summed E-state index contributed by atoms with van der Waals surface area (Å²) >= 11 is 4.85. The van der Waals surface area contributed by atoms with E-state index in [0.29, 0.717) is 5.82 Å². The van der Waals surface area contributed by atoms with Crippen LogP contribution in [0.15, 0.2) is 18.3 Å². The maximum atomic E-state index is 11.9. The van der Waals surface area contributed by atoms with Gasteiger partial charge in [-0.25, -0.2) is 4.98 Å². The normalized spacial score (nSPS) is 10.9. The van der Waals surface area contributed by atoms with Gasteiger partial charge in [-0.15, -0.1) is 0 Å². The maximum absolute atomic E-state index is 11.9. The minimum Gasteiger partial charge on any atom is -0.392 e. The van der Waals surface area contributed by atoms with E-state index >= 15 is 0 Å². The zero-order chi connectivity index (χ0) is 12.3. The van der Waals surface area contributed by atoms with E-state index in [9.17, 15) is 4.79 Å². The van der Waals surface area contributed by atoms with Gasteiger partial charge in [0, 0.05) is 6.20 Å². The molecule has 1 rings (SSSR count).